The molecule has 90 valence electrons. The first kappa shape index (κ1) is 10.8. The van der Waals surface area contributed by atoms with Gasteiger partial charge in [-0.25, -0.2) is 4.98 Å². The van der Waals surface area contributed by atoms with E-state index in [4.69, 9.17) is 16.0 Å². The number of hydrogen-bond donors (Lipinski definition) is 1. The minimum Gasteiger partial charge on any atom is -0.452 e. The van der Waals surface area contributed by atoms with Crippen LogP contribution in [0.4, 0.5) is 0 Å². The molecule has 3 rings (SSSR count). The number of hydrogen-bond acceptors (Lipinski definition) is 3. The summed E-state index contributed by atoms with van der Waals surface area (Å²) in [6, 6.07) is 1.79. The lowest BCUT2D eigenvalue weighted by Crippen LogP contribution is -2.06. The van der Waals surface area contributed by atoms with Crippen molar-refractivity contribution in [3.05, 3.63) is 23.4 Å². The number of rotatable bonds is 2. The van der Waals surface area contributed by atoms with Crippen LogP contribution in [-0.2, 0) is 0 Å². The molecule has 0 spiro atoms. The average Bonchev–Trinajstić information content (AvgIpc) is 2.98. The fourth-order valence-corrected chi connectivity index (χ4v) is 2.61. The van der Waals surface area contributed by atoms with Crippen molar-refractivity contribution in [1.82, 2.24) is 15.2 Å². The third-order valence-electron chi connectivity index (χ3n) is 3.35. The van der Waals surface area contributed by atoms with Crippen LogP contribution in [0.15, 0.2) is 16.7 Å². The minimum atomic E-state index is 0.346. The van der Waals surface area contributed by atoms with E-state index in [-0.39, 0.29) is 0 Å². The van der Waals surface area contributed by atoms with E-state index in [0.717, 1.165) is 11.4 Å². The Balaban J connectivity index is 1.85. The topological polar surface area (TPSA) is 54.7 Å². The van der Waals surface area contributed by atoms with E-state index in [2.05, 4.69) is 15.2 Å². The second-order valence-corrected chi connectivity index (χ2v) is 4.83. The van der Waals surface area contributed by atoms with Crippen LogP contribution in [0.25, 0.3) is 11.4 Å². The van der Waals surface area contributed by atoms with Crippen molar-refractivity contribution in [3.63, 3.8) is 0 Å². The molecule has 5 heteroatoms. The molecule has 0 aliphatic heterocycles. The normalized spacial score (nSPS) is 17.5. The maximum Gasteiger partial charge on any atom is 0.204 e. The molecular formula is C12H14ClN3O. The summed E-state index contributed by atoms with van der Waals surface area (Å²) in [4.78, 5) is 4.53. The van der Waals surface area contributed by atoms with Crippen molar-refractivity contribution in [2.45, 2.75) is 38.0 Å². The van der Waals surface area contributed by atoms with Gasteiger partial charge in [0.1, 0.15) is 5.82 Å². The predicted molar refractivity (Wildman–Crippen MR) is 64.9 cm³/mol. The van der Waals surface area contributed by atoms with Crippen LogP contribution in [-0.4, -0.2) is 15.2 Å². The number of nitrogens with zero attached hydrogens (tertiary/aromatic N) is 2. The number of aromatic amines is 1. The van der Waals surface area contributed by atoms with Crippen LogP contribution in [0.5, 0.6) is 0 Å². The fraction of sp³-hybridized carbons (Fsp3) is 0.500. The number of H-pyrrole nitrogens is 1. The van der Waals surface area contributed by atoms with Crippen molar-refractivity contribution < 1.29 is 4.42 Å². The molecule has 1 aliphatic rings. The summed E-state index contributed by atoms with van der Waals surface area (Å²) < 4.78 is 5.05. The lowest BCUT2D eigenvalue weighted by Gasteiger charge is -2.18. The van der Waals surface area contributed by atoms with Gasteiger partial charge in [-0.05, 0) is 30.5 Å². The third-order valence-corrected chi connectivity index (χ3v) is 3.65. The Morgan fingerprint density at radius 3 is 2.82 bits per heavy atom. The molecule has 1 saturated carbocycles. The van der Waals surface area contributed by atoms with E-state index >= 15 is 0 Å². The molecule has 0 amide bonds. The van der Waals surface area contributed by atoms with Gasteiger partial charge in [0.2, 0.25) is 5.22 Å². The van der Waals surface area contributed by atoms with Gasteiger partial charge in [-0.3, -0.25) is 5.10 Å². The highest BCUT2D eigenvalue weighted by molar-refractivity contribution is 6.31. The first-order valence-corrected chi connectivity index (χ1v) is 6.38. The first-order valence-electron chi connectivity index (χ1n) is 6.00. The number of halogens is 1. The van der Waals surface area contributed by atoms with Gasteiger partial charge < -0.3 is 4.42 Å². The second kappa shape index (κ2) is 4.53. The second-order valence-electron chi connectivity index (χ2n) is 4.49. The fourth-order valence-electron chi connectivity index (χ4n) is 2.41. The van der Waals surface area contributed by atoms with E-state index in [1.165, 1.54) is 32.1 Å². The van der Waals surface area contributed by atoms with E-state index < -0.39 is 0 Å². The Labute approximate surface area is 104 Å². The molecule has 1 aliphatic carbocycles. The Hall–Kier alpha value is -1.29. The molecule has 2 heterocycles. The number of nitrogens with one attached hydrogen (secondary N) is 1. The number of aromatic nitrogens is 3. The monoisotopic (exact) mass is 251 g/mol. The molecule has 0 radical (unpaired) electrons. The lowest BCUT2D eigenvalue weighted by molar-refractivity contribution is 0.429. The Kier molecular flexibility index (Phi) is 2.89. The molecule has 0 aromatic carbocycles. The lowest BCUT2D eigenvalue weighted by atomic mass is 9.89. The standard InChI is InChI=1S/C12H14ClN3O/c13-10-9(6-7-17-10)12-14-11(15-16-12)8-4-2-1-3-5-8/h6-8H,1-5H2,(H,14,15,16). The molecule has 1 N–H and O–H groups in total. The summed E-state index contributed by atoms with van der Waals surface area (Å²) in [5.41, 5.74) is 0.755. The van der Waals surface area contributed by atoms with Crippen LogP contribution in [0.3, 0.4) is 0 Å². The Bertz CT molecular complexity index is 499. The average molecular weight is 252 g/mol. The van der Waals surface area contributed by atoms with E-state index in [1.807, 2.05) is 0 Å². The molecule has 2 aromatic heterocycles. The Morgan fingerprint density at radius 1 is 1.29 bits per heavy atom. The molecule has 4 nitrogen and oxygen atoms in total. The molecule has 0 unspecified atom stereocenters. The molecule has 1 fully saturated rings. The summed E-state index contributed by atoms with van der Waals surface area (Å²) in [6.07, 6.45) is 7.86. The quantitative estimate of drug-likeness (QED) is 0.884. The third kappa shape index (κ3) is 2.09. The highest BCUT2D eigenvalue weighted by Gasteiger charge is 2.20. The van der Waals surface area contributed by atoms with Crippen LogP contribution in [0.1, 0.15) is 43.8 Å². The van der Waals surface area contributed by atoms with Crippen LogP contribution in [0.2, 0.25) is 5.22 Å². The minimum absolute atomic E-state index is 0.346. The maximum absolute atomic E-state index is 5.91. The number of furan rings is 1. The highest BCUT2D eigenvalue weighted by Crippen LogP contribution is 2.32. The SMILES string of the molecule is Clc1occc1-c1n[nH]c(C2CCCCC2)n1. The summed E-state index contributed by atoms with van der Waals surface area (Å²) >= 11 is 5.91. The van der Waals surface area contributed by atoms with Crippen molar-refractivity contribution in [2.24, 2.45) is 0 Å². The first-order chi connectivity index (χ1) is 8.34. The molecule has 0 saturated heterocycles. The molecule has 17 heavy (non-hydrogen) atoms. The van der Waals surface area contributed by atoms with Gasteiger partial charge in [-0.2, -0.15) is 5.10 Å². The summed E-state index contributed by atoms with van der Waals surface area (Å²) in [6.45, 7) is 0. The predicted octanol–water partition coefficient (Wildman–Crippen LogP) is 3.77. The van der Waals surface area contributed by atoms with Crippen molar-refractivity contribution in [2.75, 3.05) is 0 Å². The van der Waals surface area contributed by atoms with E-state index in [9.17, 15) is 0 Å². The van der Waals surface area contributed by atoms with Crippen LogP contribution < -0.4 is 0 Å². The Morgan fingerprint density at radius 2 is 2.12 bits per heavy atom. The molecule has 0 atom stereocenters. The van der Waals surface area contributed by atoms with Crippen LogP contribution >= 0.6 is 11.6 Å². The van der Waals surface area contributed by atoms with Gasteiger partial charge in [-0.1, -0.05) is 19.3 Å². The van der Waals surface area contributed by atoms with Gasteiger partial charge in [0.25, 0.3) is 0 Å². The summed E-state index contributed by atoms with van der Waals surface area (Å²) in [5.74, 6) is 2.14. The van der Waals surface area contributed by atoms with E-state index in [0.29, 0.717) is 17.0 Å². The smallest absolute Gasteiger partial charge is 0.204 e. The van der Waals surface area contributed by atoms with Gasteiger partial charge in [0.15, 0.2) is 5.82 Å². The summed E-state index contributed by atoms with van der Waals surface area (Å²) in [7, 11) is 0. The largest absolute Gasteiger partial charge is 0.452 e. The summed E-state index contributed by atoms with van der Waals surface area (Å²) in [5, 5.41) is 7.59. The molecule has 0 bridgehead atoms. The van der Waals surface area contributed by atoms with Gasteiger partial charge in [0.05, 0.1) is 11.8 Å². The van der Waals surface area contributed by atoms with Gasteiger partial charge in [-0.15, -0.1) is 0 Å². The zero-order valence-corrected chi connectivity index (χ0v) is 10.2. The van der Waals surface area contributed by atoms with Crippen molar-refractivity contribution >= 4 is 11.6 Å². The molecular weight excluding hydrogens is 238 g/mol. The zero-order valence-electron chi connectivity index (χ0n) is 9.45. The zero-order chi connectivity index (χ0) is 11.7. The van der Waals surface area contributed by atoms with Gasteiger partial charge >= 0.3 is 0 Å². The van der Waals surface area contributed by atoms with Crippen LogP contribution in [0, 0.1) is 0 Å². The maximum atomic E-state index is 5.91. The molecule has 2 aromatic rings. The van der Waals surface area contributed by atoms with Crippen molar-refractivity contribution in [3.8, 4) is 11.4 Å². The van der Waals surface area contributed by atoms with Crippen molar-refractivity contribution in [1.29, 1.82) is 0 Å². The highest BCUT2D eigenvalue weighted by atomic mass is 35.5. The van der Waals surface area contributed by atoms with E-state index in [1.54, 1.807) is 12.3 Å². The van der Waals surface area contributed by atoms with Gasteiger partial charge in [0, 0.05) is 5.92 Å².